The Bertz CT molecular complexity index is 836. The van der Waals surface area contributed by atoms with E-state index < -0.39 is 5.41 Å². The predicted octanol–water partition coefficient (Wildman–Crippen LogP) is 2.34. The first-order valence-corrected chi connectivity index (χ1v) is 9.12. The monoisotopic (exact) mass is 349 g/mol. The van der Waals surface area contributed by atoms with E-state index in [0.717, 1.165) is 23.1 Å². The number of hydrogen-bond donors (Lipinski definition) is 1. The summed E-state index contributed by atoms with van der Waals surface area (Å²) in [6, 6.07) is 12.1. The molecule has 134 valence electrons. The van der Waals surface area contributed by atoms with Gasteiger partial charge in [-0.15, -0.1) is 0 Å². The molecule has 2 atom stereocenters. The quantitative estimate of drug-likeness (QED) is 0.922. The molecule has 0 bridgehead atoms. The van der Waals surface area contributed by atoms with Crippen molar-refractivity contribution >= 4 is 11.8 Å². The van der Waals surface area contributed by atoms with Gasteiger partial charge in [0.1, 0.15) is 0 Å². The summed E-state index contributed by atoms with van der Waals surface area (Å²) in [7, 11) is 0. The standard InChI is InChI=1S/C21H23N3O2/c1-15-4-2-6-17(10-15)21(11-18-7-8-19(25)24(18)14-21)20(26)23-13-16-5-3-9-22-12-16/h2-6,9-10,12,18H,7-8,11,13-14H2,1H3,(H,23,26)/t18-,21-/m0/s1. The molecule has 2 saturated heterocycles. The molecule has 3 heterocycles. The van der Waals surface area contributed by atoms with Crippen LogP contribution in [0.2, 0.25) is 0 Å². The number of rotatable bonds is 4. The number of carbonyl (C=O) groups excluding carboxylic acids is 2. The lowest BCUT2D eigenvalue weighted by Gasteiger charge is -2.29. The van der Waals surface area contributed by atoms with E-state index in [0.29, 0.717) is 25.9 Å². The van der Waals surface area contributed by atoms with Crippen molar-refractivity contribution in [3.63, 3.8) is 0 Å². The van der Waals surface area contributed by atoms with E-state index in [4.69, 9.17) is 0 Å². The summed E-state index contributed by atoms with van der Waals surface area (Å²) in [5, 5.41) is 3.09. The summed E-state index contributed by atoms with van der Waals surface area (Å²) in [6.45, 7) is 2.95. The van der Waals surface area contributed by atoms with Gasteiger partial charge in [0, 0.05) is 37.9 Å². The van der Waals surface area contributed by atoms with Gasteiger partial charge in [-0.05, 0) is 37.0 Å². The van der Waals surface area contributed by atoms with Crippen molar-refractivity contribution in [1.82, 2.24) is 15.2 Å². The molecule has 2 aromatic rings. The van der Waals surface area contributed by atoms with Gasteiger partial charge in [-0.1, -0.05) is 35.9 Å². The molecule has 2 aliphatic rings. The second-order valence-corrected chi connectivity index (χ2v) is 7.41. The van der Waals surface area contributed by atoms with E-state index in [1.54, 1.807) is 12.4 Å². The summed E-state index contributed by atoms with van der Waals surface area (Å²) >= 11 is 0. The fourth-order valence-corrected chi connectivity index (χ4v) is 4.28. The minimum Gasteiger partial charge on any atom is -0.351 e. The minimum atomic E-state index is -0.672. The molecule has 2 amide bonds. The highest BCUT2D eigenvalue weighted by Gasteiger charge is 2.53. The fraction of sp³-hybridized carbons (Fsp3) is 0.381. The van der Waals surface area contributed by atoms with Crippen LogP contribution in [0.25, 0.3) is 0 Å². The van der Waals surface area contributed by atoms with Gasteiger partial charge >= 0.3 is 0 Å². The molecule has 1 aromatic carbocycles. The third kappa shape index (κ3) is 2.87. The molecule has 4 rings (SSSR count). The van der Waals surface area contributed by atoms with Crippen LogP contribution >= 0.6 is 0 Å². The van der Waals surface area contributed by atoms with Gasteiger partial charge in [0.05, 0.1) is 5.41 Å². The SMILES string of the molecule is Cc1cccc([C@]2(C(=O)NCc3cccnc3)C[C@@H]3CCC(=O)N3C2)c1. The number of nitrogens with one attached hydrogen (secondary N) is 1. The van der Waals surface area contributed by atoms with Crippen LogP contribution in [0.3, 0.4) is 0 Å². The van der Waals surface area contributed by atoms with Crippen LogP contribution in [0, 0.1) is 6.92 Å². The van der Waals surface area contributed by atoms with Gasteiger partial charge in [-0.3, -0.25) is 14.6 Å². The molecule has 0 saturated carbocycles. The Morgan fingerprint density at radius 2 is 2.23 bits per heavy atom. The predicted molar refractivity (Wildman–Crippen MR) is 98.3 cm³/mol. The van der Waals surface area contributed by atoms with Gasteiger partial charge in [0.25, 0.3) is 0 Å². The normalized spacial score (nSPS) is 24.6. The Labute approximate surface area is 153 Å². The highest BCUT2D eigenvalue weighted by molar-refractivity contribution is 5.91. The van der Waals surface area contributed by atoms with Crippen molar-refractivity contribution < 1.29 is 9.59 Å². The number of aromatic nitrogens is 1. The van der Waals surface area contributed by atoms with Gasteiger partial charge in [0.15, 0.2) is 0 Å². The summed E-state index contributed by atoms with van der Waals surface area (Å²) in [6.07, 6.45) is 5.63. The first-order valence-electron chi connectivity index (χ1n) is 9.12. The molecule has 1 N–H and O–H groups in total. The van der Waals surface area contributed by atoms with Crippen molar-refractivity contribution in [2.75, 3.05) is 6.54 Å². The van der Waals surface area contributed by atoms with Gasteiger partial charge in [-0.2, -0.15) is 0 Å². The zero-order valence-electron chi connectivity index (χ0n) is 14.9. The van der Waals surface area contributed by atoms with Crippen LogP contribution in [0.15, 0.2) is 48.8 Å². The third-order valence-electron chi connectivity index (χ3n) is 5.66. The molecular weight excluding hydrogens is 326 g/mol. The molecule has 5 heteroatoms. The smallest absolute Gasteiger partial charge is 0.232 e. The Balaban J connectivity index is 1.63. The highest BCUT2D eigenvalue weighted by atomic mass is 16.2. The molecule has 0 radical (unpaired) electrons. The van der Waals surface area contributed by atoms with Crippen LogP contribution in [-0.4, -0.2) is 34.3 Å². The molecular formula is C21H23N3O2. The molecule has 2 aliphatic heterocycles. The maximum Gasteiger partial charge on any atom is 0.232 e. The average Bonchev–Trinajstić information content (AvgIpc) is 3.20. The molecule has 5 nitrogen and oxygen atoms in total. The van der Waals surface area contributed by atoms with Crippen molar-refractivity contribution in [2.45, 2.75) is 44.2 Å². The molecule has 1 aromatic heterocycles. The maximum absolute atomic E-state index is 13.3. The van der Waals surface area contributed by atoms with Crippen LogP contribution < -0.4 is 5.32 Å². The van der Waals surface area contributed by atoms with Crippen molar-refractivity contribution in [3.8, 4) is 0 Å². The maximum atomic E-state index is 13.3. The number of amides is 2. The summed E-state index contributed by atoms with van der Waals surface area (Å²) < 4.78 is 0. The van der Waals surface area contributed by atoms with E-state index in [1.165, 1.54) is 0 Å². The van der Waals surface area contributed by atoms with Gasteiger partial charge in [0.2, 0.25) is 11.8 Å². The van der Waals surface area contributed by atoms with Crippen molar-refractivity contribution in [2.24, 2.45) is 0 Å². The van der Waals surface area contributed by atoms with E-state index in [9.17, 15) is 9.59 Å². The largest absolute Gasteiger partial charge is 0.351 e. The third-order valence-corrected chi connectivity index (χ3v) is 5.66. The van der Waals surface area contributed by atoms with Crippen LogP contribution in [0.5, 0.6) is 0 Å². The molecule has 26 heavy (non-hydrogen) atoms. The first-order chi connectivity index (χ1) is 12.6. The number of hydrogen-bond acceptors (Lipinski definition) is 3. The lowest BCUT2D eigenvalue weighted by Crippen LogP contribution is -2.46. The topological polar surface area (TPSA) is 62.3 Å². The second kappa shape index (κ2) is 6.56. The molecule has 0 aliphatic carbocycles. The Morgan fingerprint density at radius 3 is 2.96 bits per heavy atom. The highest BCUT2D eigenvalue weighted by Crippen LogP contribution is 2.43. The fourth-order valence-electron chi connectivity index (χ4n) is 4.28. The van der Waals surface area contributed by atoms with E-state index in [2.05, 4.69) is 16.4 Å². The number of aryl methyl sites for hydroxylation is 1. The number of nitrogens with zero attached hydrogens (tertiary/aromatic N) is 2. The lowest BCUT2D eigenvalue weighted by molar-refractivity contribution is -0.129. The van der Waals surface area contributed by atoms with Gasteiger partial charge in [-0.25, -0.2) is 0 Å². The van der Waals surface area contributed by atoms with E-state index in [1.807, 2.05) is 42.2 Å². The van der Waals surface area contributed by atoms with Crippen molar-refractivity contribution in [3.05, 3.63) is 65.5 Å². The molecule has 2 fully saturated rings. The summed E-state index contributed by atoms with van der Waals surface area (Å²) in [5.41, 5.74) is 2.42. The Morgan fingerprint density at radius 1 is 1.35 bits per heavy atom. The number of fused-ring (bicyclic) bond motifs is 1. The van der Waals surface area contributed by atoms with Gasteiger partial charge < -0.3 is 10.2 Å². The number of benzene rings is 1. The van der Waals surface area contributed by atoms with E-state index in [-0.39, 0.29) is 17.9 Å². The minimum absolute atomic E-state index is 0.00541. The average molecular weight is 349 g/mol. The number of carbonyl (C=O) groups is 2. The molecule has 0 unspecified atom stereocenters. The van der Waals surface area contributed by atoms with Crippen LogP contribution in [-0.2, 0) is 21.5 Å². The summed E-state index contributed by atoms with van der Waals surface area (Å²) in [4.78, 5) is 31.6. The lowest BCUT2D eigenvalue weighted by atomic mass is 9.76. The van der Waals surface area contributed by atoms with E-state index >= 15 is 0 Å². The zero-order chi connectivity index (χ0) is 18.1. The number of pyridine rings is 1. The molecule has 0 spiro atoms. The van der Waals surface area contributed by atoms with Crippen molar-refractivity contribution in [1.29, 1.82) is 0 Å². The van der Waals surface area contributed by atoms with Crippen LogP contribution in [0.4, 0.5) is 0 Å². The second-order valence-electron chi connectivity index (χ2n) is 7.41. The summed E-state index contributed by atoms with van der Waals surface area (Å²) in [5.74, 6) is 0.166. The first kappa shape index (κ1) is 16.8. The Kier molecular flexibility index (Phi) is 4.23. The zero-order valence-corrected chi connectivity index (χ0v) is 14.9. The Hall–Kier alpha value is -2.69. The van der Waals surface area contributed by atoms with Crippen LogP contribution in [0.1, 0.15) is 36.0 Å².